The Morgan fingerprint density at radius 3 is 2.58 bits per heavy atom. The fourth-order valence-corrected chi connectivity index (χ4v) is 2.29. The number of nitrogens with two attached hydrogens (primary N) is 1. The van der Waals surface area contributed by atoms with E-state index in [-0.39, 0.29) is 22.9 Å². The maximum atomic E-state index is 13.2. The second-order valence-corrected chi connectivity index (χ2v) is 5.05. The quantitative estimate of drug-likeness (QED) is 0.685. The number of nitro groups is 1. The molecule has 0 radical (unpaired) electrons. The normalized spacial score (nSPS) is 23.1. The van der Waals surface area contributed by atoms with Gasteiger partial charge in [-0.2, -0.15) is 0 Å². The Kier molecular flexibility index (Phi) is 4.21. The Labute approximate surface area is 114 Å². The lowest BCUT2D eigenvalue weighted by Crippen LogP contribution is -2.31. The molecule has 0 spiro atoms. The molecule has 0 aliphatic heterocycles. The molecule has 0 heterocycles. The highest BCUT2D eigenvalue weighted by atomic mass is 35.5. The molecule has 0 aromatic heterocycles. The Hall–Kier alpha value is -1.40. The lowest BCUT2D eigenvalue weighted by Gasteiger charge is -2.26. The van der Waals surface area contributed by atoms with Gasteiger partial charge in [0.2, 0.25) is 0 Å². The van der Waals surface area contributed by atoms with E-state index in [4.69, 9.17) is 22.1 Å². The molecule has 2 rings (SSSR count). The predicted octanol–water partition coefficient (Wildman–Crippen LogP) is 3.04. The van der Waals surface area contributed by atoms with Gasteiger partial charge >= 0.3 is 5.69 Å². The van der Waals surface area contributed by atoms with Crippen molar-refractivity contribution in [3.05, 3.63) is 33.1 Å². The molecule has 1 aromatic carbocycles. The summed E-state index contributed by atoms with van der Waals surface area (Å²) in [6, 6.07) is 2.10. The van der Waals surface area contributed by atoms with Gasteiger partial charge in [-0.15, -0.1) is 0 Å². The van der Waals surface area contributed by atoms with Crippen molar-refractivity contribution in [2.45, 2.75) is 37.8 Å². The summed E-state index contributed by atoms with van der Waals surface area (Å²) in [5, 5.41) is 10.7. The third-order valence-electron chi connectivity index (χ3n) is 3.21. The van der Waals surface area contributed by atoms with Gasteiger partial charge in [0.1, 0.15) is 5.82 Å². The van der Waals surface area contributed by atoms with E-state index in [0.717, 1.165) is 37.8 Å². The predicted molar refractivity (Wildman–Crippen MR) is 68.9 cm³/mol. The summed E-state index contributed by atoms with van der Waals surface area (Å²) in [6.45, 7) is 0. The highest BCUT2D eigenvalue weighted by Gasteiger charge is 2.25. The van der Waals surface area contributed by atoms with E-state index < -0.39 is 16.4 Å². The minimum atomic E-state index is -0.827. The molecule has 2 N–H and O–H groups in total. The van der Waals surface area contributed by atoms with Gasteiger partial charge in [0.15, 0.2) is 5.75 Å². The fraction of sp³-hybridized carbons (Fsp3) is 0.500. The molecule has 1 aromatic rings. The number of hydrogen-bond donors (Lipinski definition) is 1. The summed E-state index contributed by atoms with van der Waals surface area (Å²) in [4.78, 5) is 10.2. The summed E-state index contributed by atoms with van der Waals surface area (Å²) >= 11 is 5.63. The van der Waals surface area contributed by atoms with Crippen LogP contribution in [-0.2, 0) is 0 Å². The molecule has 0 atom stereocenters. The minimum Gasteiger partial charge on any atom is -0.483 e. The van der Waals surface area contributed by atoms with Crippen LogP contribution in [0.4, 0.5) is 10.1 Å². The zero-order valence-electron chi connectivity index (χ0n) is 10.1. The maximum absolute atomic E-state index is 13.2. The van der Waals surface area contributed by atoms with E-state index in [0.29, 0.717) is 0 Å². The second-order valence-electron chi connectivity index (χ2n) is 4.65. The summed E-state index contributed by atoms with van der Waals surface area (Å²) in [5.41, 5.74) is 5.37. The number of nitro benzene ring substituents is 1. The van der Waals surface area contributed by atoms with Gasteiger partial charge in [-0.05, 0) is 25.7 Å². The molecule has 7 heteroatoms. The van der Waals surface area contributed by atoms with E-state index in [9.17, 15) is 14.5 Å². The number of nitrogens with zero attached hydrogens (tertiary/aromatic N) is 1. The van der Waals surface area contributed by atoms with Crippen LogP contribution in [0.5, 0.6) is 5.75 Å². The molecule has 0 amide bonds. The molecule has 1 saturated carbocycles. The number of hydrogen-bond acceptors (Lipinski definition) is 4. The first kappa shape index (κ1) is 14.0. The molecule has 104 valence electrons. The van der Waals surface area contributed by atoms with Crippen molar-refractivity contribution in [2.24, 2.45) is 5.73 Å². The largest absolute Gasteiger partial charge is 0.483 e. The Bertz CT molecular complexity index is 490. The van der Waals surface area contributed by atoms with Crippen LogP contribution in [0.3, 0.4) is 0 Å². The molecule has 1 aliphatic rings. The summed E-state index contributed by atoms with van der Waals surface area (Å²) in [7, 11) is 0. The van der Waals surface area contributed by atoms with Crippen LogP contribution in [0.25, 0.3) is 0 Å². The Morgan fingerprint density at radius 1 is 1.37 bits per heavy atom. The zero-order valence-corrected chi connectivity index (χ0v) is 10.9. The van der Waals surface area contributed by atoms with Crippen molar-refractivity contribution < 1.29 is 14.1 Å². The van der Waals surface area contributed by atoms with Crippen LogP contribution in [0.2, 0.25) is 5.02 Å². The highest BCUT2D eigenvalue weighted by Crippen LogP contribution is 2.34. The van der Waals surface area contributed by atoms with E-state index in [1.165, 1.54) is 0 Å². The van der Waals surface area contributed by atoms with Crippen molar-refractivity contribution in [1.82, 2.24) is 0 Å². The topological polar surface area (TPSA) is 78.4 Å². The number of halogens is 2. The Balaban J connectivity index is 2.19. The lowest BCUT2D eigenvalue weighted by molar-refractivity contribution is -0.386. The fourth-order valence-electron chi connectivity index (χ4n) is 2.14. The van der Waals surface area contributed by atoms with Gasteiger partial charge in [0.25, 0.3) is 0 Å². The first-order valence-corrected chi connectivity index (χ1v) is 6.41. The monoisotopic (exact) mass is 288 g/mol. The summed E-state index contributed by atoms with van der Waals surface area (Å²) in [5.74, 6) is -0.816. The van der Waals surface area contributed by atoms with Gasteiger partial charge < -0.3 is 10.5 Å². The first-order chi connectivity index (χ1) is 8.97. The zero-order chi connectivity index (χ0) is 14.0. The molecule has 5 nitrogen and oxygen atoms in total. The van der Waals surface area contributed by atoms with Crippen molar-refractivity contribution in [2.75, 3.05) is 0 Å². The van der Waals surface area contributed by atoms with E-state index in [1.54, 1.807) is 0 Å². The highest BCUT2D eigenvalue weighted by molar-refractivity contribution is 6.31. The van der Waals surface area contributed by atoms with E-state index in [1.807, 2.05) is 0 Å². The maximum Gasteiger partial charge on any atom is 0.313 e. The summed E-state index contributed by atoms with van der Waals surface area (Å²) in [6.07, 6.45) is 2.95. The van der Waals surface area contributed by atoms with Crippen LogP contribution < -0.4 is 10.5 Å². The summed E-state index contributed by atoms with van der Waals surface area (Å²) < 4.78 is 18.8. The standard InChI is InChI=1S/C12H14ClFN2O3/c13-9-5-12(11(16(17)18)6-10(9)14)19-8-3-1-7(15)2-4-8/h5-8H,1-4,15H2. The molecule has 19 heavy (non-hydrogen) atoms. The third-order valence-corrected chi connectivity index (χ3v) is 3.50. The van der Waals surface area contributed by atoms with Crippen molar-refractivity contribution in [3.8, 4) is 5.75 Å². The second kappa shape index (κ2) is 5.71. The van der Waals surface area contributed by atoms with Crippen LogP contribution in [0, 0.1) is 15.9 Å². The van der Waals surface area contributed by atoms with Gasteiger partial charge in [0, 0.05) is 12.1 Å². The first-order valence-electron chi connectivity index (χ1n) is 6.03. The molecular formula is C12H14ClFN2O3. The van der Waals surface area contributed by atoms with E-state index in [2.05, 4.69) is 0 Å². The number of rotatable bonds is 3. The van der Waals surface area contributed by atoms with Crippen LogP contribution in [-0.4, -0.2) is 17.1 Å². The smallest absolute Gasteiger partial charge is 0.313 e. The molecule has 1 fully saturated rings. The minimum absolute atomic E-state index is 0.0110. The van der Waals surface area contributed by atoms with Crippen LogP contribution in [0.1, 0.15) is 25.7 Å². The number of benzene rings is 1. The molecule has 1 aliphatic carbocycles. The molecule has 0 bridgehead atoms. The van der Waals surface area contributed by atoms with Gasteiger partial charge in [-0.25, -0.2) is 4.39 Å². The third kappa shape index (κ3) is 3.33. The van der Waals surface area contributed by atoms with Crippen molar-refractivity contribution >= 4 is 17.3 Å². The SMILES string of the molecule is NC1CCC(Oc2cc(Cl)c(F)cc2[N+](=O)[O-])CC1. The van der Waals surface area contributed by atoms with Crippen LogP contribution >= 0.6 is 11.6 Å². The van der Waals surface area contributed by atoms with Crippen LogP contribution in [0.15, 0.2) is 12.1 Å². The van der Waals surface area contributed by atoms with Gasteiger partial charge in [-0.3, -0.25) is 10.1 Å². The molecule has 0 saturated heterocycles. The average molecular weight is 289 g/mol. The van der Waals surface area contributed by atoms with Crippen molar-refractivity contribution in [3.63, 3.8) is 0 Å². The Morgan fingerprint density at radius 2 is 2.00 bits per heavy atom. The van der Waals surface area contributed by atoms with Crippen molar-refractivity contribution in [1.29, 1.82) is 0 Å². The average Bonchev–Trinajstić information content (AvgIpc) is 2.36. The lowest BCUT2D eigenvalue weighted by atomic mass is 9.94. The van der Waals surface area contributed by atoms with Gasteiger partial charge in [-0.1, -0.05) is 11.6 Å². The van der Waals surface area contributed by atoms with E-state index >= 15 is 0 Å². The molecule has 0 unspecified atom stereocenters. The molecular weight excluding hydrogens is 275 g/mol. The van der Waals surface area contributed by atoms with Gasteiger partial charge in [0.05, 0.1) is 22.1 Å². The number of ether oxygens (including phenoxy) is 1.